The molecule has 0 aliphatic carbocycles. The second kappa shape index (κ2) is 6.55. The second-order valence-electron chi connectivity index (χ2n) is 4.38. The summed E-state index contributed by atoms with van der Waals surface area (Å²) < 4.78 is 14.3. The summed E-state index contributed by atoms with van der Waals surface area (Å²) in [6.45, 7) is 1.76. The van der Waals surface area contributed by atoms with Crippen LogP contribution in [0, 0.1) is 12.7 Å². The molecule has 4 heteroatoms. The molecule has 2 N–H and O–H groups in total. The summed E-state index contributed by atoms with van der Waals surface area (Å²) in [4.78, 5) is 1.18. The fourth-order valence-corrected chi connectivity index (χ4v) is 2.87. The number of benzene rings is 2. The standard InChI is InChI=1S/C15H15BrFNS/c1-10-8-11(2-7-14(10)17)15(18)9-19-13-5-3-12(16)4-6-13/h2-8,15H,9,18H2,1H3. The van der Waals surface area contributed by atoms with Crippen LogP contribution in [0.4, 0.5) is 4.39 Å². The molecule has 0 aromatic heterocycles. The lowest BCUT2D eigenvalue weighted by Crippen LogP contribution is -2.13. The van der Waals surface area contributed by atoms with Crippen LogP contribution in [-0.2, 0) is 0 Å². The first-order valence-corrected chi connectivity index (χ1v) is 7.74. The highest BCUT2D eigenvalue weighted by atomic mass is 79.9. The third-order valence-electron chi connectivity index (χ3n) is 2.85. The van der Waals surface area contributed by atoms with Crippen molar-refractivity contribution in [1.82, 2.24) is 0 Å². The van der Waals surface area contributed by atoms with Crippen molar-refractivity contribution in [2.24, 2.45) is 5.73 Å². The number of nitrogens with two attached hydrogens (primary N) is 1. The largest absolute Gasteiger partial charge is 0.323 e. The van der Waals surface area contributed by atoms with Gasteiger partial charge in [0.15, 0.2) is 0 Å². The molecule has 0 heterocycles. The monoisotopic (exact) mass is 339 g/mol. The van der Waals surface area contributed by atoms with Crippen LogP contribution in [0.15, 0.2) is 51.8 Å². The average Bonchev–Trinajstić information content (AvgIpc) is 2.41. The molecule has 0 radical (unpaired) electrons. The normalized spacial score (nSPS) is 12.4. The zero-order valence-corrected chi connectivity index (χ0v) is 13.0. The minimum atomic E-state index is -0.184. The average molecular weight is 340 g/mol. The summed E-state index contributed by atoms with van der Waals surface area (Å²) in [5.74, 6) is 0.587. The van der Waals surface area contributed by atoms with Gasteiger partial charge in [-0.25, -0.2) is 4.39 Å². The Balaban J connectivity index is 1.98. The SMILES string of the molecule is Cc1cc(C(N)CSc2ccc(Br)cc2)ccc1F. The first-order valence-electron chi connectivity index (χ1n) is 5.96. The Morgan fingerprint density at radius 2 is 1.89 bits per heavy atom. The van der Waals surface area contributed by atoms with Gasteiger partial charge in [0.05, 0.1) is 0 Å². The smallest absolute Gasteiger partial charge is 0.126 e. The highest BCUT2D eigenvalue weighted by molar-refractivity contribution is 9.10. The topological polar surface area (TPSA) is 26.0 Å². The zero-order chi connectivity index (χ0) is 13.8. The van der Waals surface area contributed by atoms with Gasteiger partial charge in [-0.05, 0) is 48.4 Å². The minimum absolute atomic E-state index is 0.0899. The lowest BCUT2D eigenvalue weighted by Gasteiger charge is -2.12. The van der Waals surface area contributed by atoms with Gasteiger partial charge in [0.2, 0.25) is 0 Å². The van der Waals surface area contributed by atoms with E-state index in [1.54, 1.807) is 24.8 Å². The number of thioether (sulfide) groups is 1. The summed E-state index contributed by atoms with van der Waals surface area (Å²) in [6.07, 6.45) is 0. The first-order chi connectivity index (χ1) is 9.06. The van der Waals surface area contributed by atoms with Crippen LogP contribution < -0.4 is 5.73 Å². The van der Waals surface area contributed by atoms with E-state index in [9.17, 15) is 4.39 Å². The van der Waals surface area contributed by atoms with Crippen LogP contribution in [0.25, 0.3) is 0 Å². The molecule has 2 aromatic rings. The molecule has 0 fully saturated rings. The molecule has 19 heavy (non-hydrogen) atoms. The molecule has 100 valence electrons. The van der Waals surface area contributed by atoms with Gasteiger partial charge in [0.25, 0.3) is 0 Å². The minimum Gasteiger partial charge on any atom is -0.323 e. The van der Waals surface area contributed by atoms with E-state index in [2.05, 4.69) is 28.1 Å². The fourth-order valence-electron chi connectivity index (χ4n) is 1.71. The summed E-state index contributed by atoms with van der Waals surface area (Å²) in [6, 6.07) is 13.1. The maximum atomic E-state index is 13.2. The molecule has 0 spiro atoms. The van der Waals surface area contributed by atoms with Crippen molar-refractivity contribution in [3.8, 4) is 0 Å². The van der Waals surface area contributed by atoms with Crippen LogP contribution in [0.3, 0.4) is 0 Å². The van der Waals surface area contributed by atoms with Crippen molar-refractivity contribution in [2.45, 2.75) is 17.9 Å². The Bertz CT molecular complexity index is 557. The van der Waals surface area contributed by atoms with Crippen LogP contribution >= 0.6 is 27.7 Å². The lowest BCUT2D eigenvalue weighted by atomic mass is 10.1. The van der Waals surface area contributed by atoms with Gasteiger partial charge in [-0.15, -0.1) is 11.8 Å². The van der Waals surface area contributed by atoms with Crippen molar-refractivity contribution in [3.63, 3.8) is 0 Å². The van der Waals surface area contributed by atoms with Crippen LogP contribution in [-0.4, -0.2) is 5.75 Å². The van der Waals surface area contributed by atoms with E-state index in [1.807, 2.05) is 18.2 Å². The van der Waals surface area contributed by atoms with E-state index in [-0.39, 0.29) is 11.9 Å². The predicted molar refractivity (Wildman–Crippen MR) is 82.9 cm³/mol. The Morgan fingerprint density at radius 1 is 1.21 bits per heavy atom. The molecule has 0 saturated carbocycles. The molecule has 0 aliphatic rings. The van der Waals surface area contributed by atoms with Crippen molar-refractivity contribution < 1.29 is 4.39 Å². The molecule has 1 unspecified atom stereocenters. The molecule has 1 nitrogen and oxygen atoms in total. The van der Waals surface area contributed by atoms with Gasteiger partial charge in [0.1, 0.15) is 5.82 Å². The molecular weight excluding hydrogens is 325 g/mol. The molecule has 0 bridgehead atoms. The third kappa shape index (κ3) is 4.06. The molecule has 0 amide bonds. The number of hydrogen-bond donors (Lipinski definition) is 1. The van der Waals surface area contributed by atoms with Gasteiger partial charge < -0.3 is 5.73 Å². The van der Waals surface area contributed by atoms with E-state index in [1.165, 1.54) is 11.0 Å². The van der Waals surface area contributed by atoms with E-state index in [0.717, 1.165) is 15.8 Å². The Hall–Kier alpha value is -0.840. The number of halogens is 2. The van der Waals surface area contributed by atoms with Crippen LogP contribution in [0.1, 0.15) is 17.2 Å². The summed E-state index contributed by atoms with van der Waals surface area (Å²) >= 11 is 5.11. The Morgan fingerprint density at radius 3 is 2.53 bits per heavy atom. The maximum absolute atomic E-state index is 13.2. The molecule has 0 saturated heterocycles. The zero-order valence-electron chi connectivity index (χ0n) is 10.6. The van der Waals surface area contributed by atoms with Crippen molar-refractivity contribution >= 4 is 27.7 Å². The number of aryl methyl sites for hydroxylation is 1. The first kappa shape index (κ1) is 14.6. The number of rotatable bonds is 4. The third-order valence-corrected chi connectivity index (χ3v) is 4.51. The molecular formula is C15H15BrFNS. The van der Waals surface area contributed by atoms with Crippen LogP contribution in [0.5, 0.6) is 0 Å². The predicted octanol–water partition coefficient (Wildman–Crippen LogP) is 4.69. The summed E-state index contributed by atoms with van der Waals surface area (Å²) in [5.41, 5.74) is 7.75. The van der Waals surface area contributed by atoms with Gasteiger partial charge in [0, 0.05) is 21.2 Å². The van der Waals surface area contributed by atoms with Crippen LogP contribution in [0.2, 0.25) is 0 Å². The highest BCUT2D eigenvalue weighted by Crippen LogP contribution is 2.25. The van der Waals surface area contributed by atoms with E-state index in [0.29, 0.717) is 5.56 Å². The Labute approximate surface area is 125 Å². The molecule has 2 aromatic carbocycles. The quantitative estimate of drug-likeness (QED) is 0.817. The van der Waals surface area contributed by atoms with E-state index >= 15 is 0 Å². The highest BCUT2D eigenvalue weighted by Gasteiger charge is 2.08. The second-order valence-corrected chi connectivity index (χ2v) is 6.39. The lowest BCUT2D eigenvalue weighted by molar-refractivity contribution is 0.616. The Kier molecular flexibility index (Phi) is 5.02. The van der Waals surface area contributed by atoms with Gasteiger partial charge in [-0.3, -0.25) is 0 Å². The van der Waals surface area contributed by atoms with Gasteiger partial charge in [-0.2, -0.15) is 0 Å². The van der Waals surface area contributed by atoms with Gasteiger partial charge in [-0.1, -0.05) is 28.1 Å². The van der Waals surface area contributed by atoms with Crippen molar-refractivity contribution in [2.75, 3.05) is 5.75 Å². The molecule has 2 rings (SSSR count). The summed E-state index contributed by atoms with van der Waals surface area (Å²) in [5, 5.41) is 0. The fraction of sp³-hybridized carbons (Fsp3) is 0.200. The van der Waals surface area contributed by atoms with Gasteiger partial charge >= 0.3 is 0 Å². The van der Waals surface area contributed by atoms with Crippen molar-refractivity contribution in [1.29, 1.82) is 0 Å². The molecule has 0 aliphatic heterocycles. The van der Waals surface area contributed by atoms with E-state index < -0.39 is 0 Å². The molecule has 1 atom stereocenters. The number of hydrogen-bond acceptors (Lipinski definition) is 2. The van der Waals surface area contributed by atoms with E-state index in [4.69, 9.17) is 5.73 Å². The summed E-state index contributed by atoms with van der Waals surface area (Å²) in [7, 11) is 0. The maximum Gasteiger partial charge on any atom is 0.126 e. The van der Waals surface area contributed by atoms with Crippen molar-refractivity contribution in [3.05, 3.63) is 63.9 Å².